The van der Waals surface area contributed by atoms with Crippen LogP contribution in [0.1, 0.15) is 36.4 Å². The lowest BCUT2D eigenvalue weighted by molar-refractivity contribution is 0.344. The average molecular weight is 253 g/mol. The minimum absolute atomic E-state index is 0.935. The molecule has 1 aliphatic rings. The molecule has 0 atom stereocenters. The fraction of sp³-hybridized carbons (Fsp3) is 0.769. The molecular formula is C13H23N3S. The normalized spacial score (nSPS) is 17.5. The molecule has 0 aliphatic carbocycles. The molecule has 1 saturated heterocycles. The predicted octanol–water partition coefficient (Wildman–Crippen LogP) is 2.32. The van der Waals surface area contributed by atoms with E-state index in [0.29, 0.717) is 0 Å². The summed E-state index contributed by atoms with van der Waals surface area (Å²) in [5.74, 6) is 0.958. The van der Waals surface area contributed by atoms with Crippen molar-refractivity contribution in [2.45, 2.75) is 39.2 Å². The number of nitrogens with one attached hydrogen (secondary N) is 2. The molecule has 0 unspecified atom stereocenters. The zero-order valence-corrected chi connectivity index (χ0v) is 11.5. The van der Waals surface area contributed by atoms with Crippen LogP contribution in [-0.4, -0.2) is 24.6 Å². The third-order valence-electron chi connectivity index (χ3n) is 3.37. The van der Waals surface area contributed by atoms with Crippen molar-refractivity contribution in [3.05, 3.63) is 16.1 Å². The maximum Gasteiger partial charge on any atom is 0.107 e. The molecule has 1 aliphatic heterocycles. The molecule has 4 heteroatoms. The summed E-state index contributed by atoms with van der Waals surface area (Å²) in [6, 6.07) is 0. The maximum absolute atomic E-state index is 4.45. The number of aryl methyl sites for hydroxylation is 1. The van der Waals surface area contributed by atoms with Gasteiger partial charge in [0.15, 0.2) is 0 Å². The van der Waals surface area contributed by atoms with E-state index in [1.807, 2.05) is 0 Å². The van der Waals surface area contributed by atoms with E-state index in [4.69, 9.17) is 0 Å². The van der Waals surface area contributed by atoms with Gasteiger partial charge in [-0.1, -0.05) is 0 Å². The fourth-order valence-corrected chi connectivity index (χ4v) is 3.11. The Morgan fingerprint density at radius 3 is 3.00 bits per heavy atom. The largest absolute Gasteiger partial charge is 0.317 e. The monoisotopic (exact) mass is 253 g/mol. The Kier molecular flexibility index (Phi) is 5.42. The molecule has 0 radical (unpaired) electrons. The molecule has 2 N–H and O–H groups in total. The Morgan fingerprint density at radius 1 is 1.47 bits per heavy atom. The molecule has 96 valence electrons. The summed E-state index contributed by atoms with van der Waals surface area (Å²) in [7, 11) is 0. The summed E-state index contributed by atoms with van der Waals surface area (Å²) in [5, 5.41) is 10.2. The number of aromatic nitrogens is 1. The summed E-state index contributed by atoms with van der Waals surface area (Å²) in [4.78, 5) is 4.45. The Hall–Kier alpha value is -0.450. The van der Waals surface area contributed by atoms with Crippen molar-refractivity contribution in [1.29, 1.82) is 0 Å². The number of thiazole rings is 1. The van der Waals surface area contributed by atoms with Gasteiger partial charge in [0.1, 0.15) is 5.01 Å². The van der Waals surface area contributed by atoms with Gasteiger partial charge in [-0.05, 0) is 58.2 Å². The minimum Gasteiger partial charge on any atom is -0.317 e. The van der Waals surface area contributed by atoms with Crippen LogP contribution in [0.4, 0.5) is 0 Å². The minimum atomic E-state index is 0.935. The van der Waals surface area contributed by atoms with Crippen molar-refractivity contribution in [2.75, 3.05) is 19.6 Å². The highest BCUT2D eigenvalue weighted by Crippen LogP contribution is 2.17. The van der Waals surface area contributed by atoms with Crippen LogP contribution in [0, 0.1) is 12.8 Å². The molecule has 0 bridgehead atoms. The molecule has 0 saturated carbocycles. The molecule has 0 spiro atoms. The lowest BCUT2D eigenvalue weighted by atomic mass is 9.93. The predicted molar refractivity (Wildman–Crippen MR) is 73.4 cm³/mol. The number of nitrogens with zero attached hydrogens (tertiary/aromatic N) is 1. The summed E-state index contributed by atoms with van der Waals surface area (Å²) >= 11 is 1.75. The quantitative estimate of drug-likeness (QED) is 0.764. The third-order valence-corrected chi connectivity index (χ3v) is 4.33. The summed E-state index contributed by atoms with van der Waals surface area (Å²) < 4.78 is 0. The zero-order valence-electron chi connectivity index (χ0n) is 10.7. The molecule has 0 aromatic carbocycles. The van der Waals surface area contributed by atoms with Crippen molar-refractivity contribution in [2.24, 2.45) is 5.92 Å². The van der Waals surface area contributed by atoms with Crippen LogP contribution in [0.5, 0.6) is 0 Å². The molecule has 1 aromatic heterocycles. The smallest absolute Gasteiger partial charge is 0.107 e. The highest BCUT2D eigenvalue weighted by molar-refractivity contribution is 7.09. The standard InChI is InChI=1S/C13H23N3S/c1-11-10-17-13(16-11)9-15-6-2-3-12-4-7-14-8-5-12/h10,12,14-15H,2-9H2,1H3. The van der Waals surface area contributed by atoms with Crippen molar-refractivity contribution >= 4 is 11.3 Å². The molecular weight excluding hydrogens is 230 g/mol. The van der Waals surface area contributed by atoms with E-state index < -0.39 is 0 Å². The number of rotatable bonds is 6. The van der Waals surface area contributed by atoms with Gasteiger partial charge in [-0.25, -0.2) is 4.98 Å². The SMILES string of the molecule is Cc1csc(CNCCCC2CCNCC2)n1. The molecule has 17 heavy (non-hydrogen) atoms. The van der Waals surface area contributed by atoms with E-state index in [9.17, 15) is 0 Å². The second-order valence-corrected chi connectivity index (χ2v) is 5.84. The van der Waals surface area contributed by atoms with E-state index >= 15 is 0 Å². The van der Waals surface area contributed by atoms with Crippen LogP contribution in [-0.2, 0) is 6.54 Å². The Balaban J connectivity index is 1.51. The second-order valence-electron chi connectivity index (χ2n) is 4.90. The third kappa shape index (κ3) is 4.74. The molecule has 2 rings (SSSR count). The summed E-state index contributed by atoms with van der Waals surface area (Å²) in [6.07, 6.45) is 5.41. The van der Waals surface area contributed by atoms with E-state index in [0.717, 1.165) is 24.7 Å². The van der Waals surface area contributed by atoms with E-state index in [1.54, 1.807) is 11.3 Å². The van der Waals surface area contributed by atoms with Gasteiger partial charge in [-0.2, -0.15) is 0 Å². The van der Waals surface area contributed by atoms with Gasteiger partial charge in [0.05, 0.1) is 0 Å². The van der Waals surface area contributed by atoms with Crippen LogP contribution in [0.15, 0.2) is 5.38 Å². The van der Waals surface area contributed by atoms with Crippen LogP contribution in [0.3, 0.4) is 0 Å². The zero-order chi connectivity index (χ0) is 11.9. The van der Waals surface area contributed by atoms with Gasteiger partial charge in [0, 0.05) is 17.6 Å². The first-order valence-corrected chi connectivity index (χ1v) is 7.55. The van der Waals surface area contributed by atoms with Gasteiger partial charge >= 0.3 is 0 Å². The molecule has 3 nitrogen and oxygen atoms in total. The summed E-state index contributed by atoms with van der Waals surface area (Å²) in [6.45, 7) is 6.55. The lowest BCUT2D eigenvalue weighted by Gasteiger charge is -2.22. The second kappa shape index (κ2) is 7.09. The molecule has 2 heterocycles. The van der Waals surface area contributed by atoms with Crippen molar-refractivity contribution in [3.63, 3.8) is 0 Å². The van der Waals surface area contributed by atoms with Gasteiger partial charge in [-0.15, -0.1) is 11.3 Å². The van der Waals surface area contributed by atoms with E-state index in [1.165, 1.54) is 43.8 Å². The van der Waals surface area contributed by atoms with E-state index in [2.05, 4.69) is 27.9 Å². The number of hydrogen-bond donors (Lipinski definition) is 2. The highest BCUT2D eigenvalue weighted by atomic mass is 32.1. The van der Waals surface area contributed by atoms with E-state index in [-0.39, 0.29) is 0 Å². The lowest BCUT2D eigenvalue weighted by Crippen LogP contribution is -2.28. The highest BCUT2D eigenvalue weighted by Gasteiger charge is 2.11. The van der Waals surface area contributed by atoms with Gasteiger partial charge in [-0.3, -0.25) is 0 Å². The molecule has 1 aromatic rings. The van der Waals surface area contributed by atoms with Crippen molar-refractivity contribution in [1.82, 2.24) is 15.6 Å². The number of hydrogen-bond acceptors (Lipinski definition) is 4. The first-order chi connectivity index (χ1) is 8.34. The van der Waals surface area contributed by atoms with Crippen molar-refractivity contribution < 1.29 is 0 Å². The van der Waals surface area contributed by atoms with Crippen LogP contribution in [0.2, 0.25) is 0 Å². The van der Waals surface area contributed by atoms with Gasteiger partial charge in [0.2, 0.25) is 0 Å². The summed E-state index contributed by atoms with van der Waals surface area (Å²) in [5.41, 5.74) is 1.14. The topological polar surface area (TPSA) is 37.0 Å². The first-order valence-electron chi connectivity index (χ1n) is 6.67. The fourth-order valence-electron chi connectivity index (χ4n) is 2.37. The number of piperidine rings is 1. The van der Waals surface area contributed by atoms with Gasteiger partial charge in [0.25, 0.3) is 0 Å². The Labute approximate surface area is 108 Å². The van der Waals surface area contributed by atoms with Crippen molar-refractivity contribution in [3.8, 4) is 0 Å². The average Bonchev–Trinajstić information content (AvgIpc) is 2.76. The van der Waals surface area contributed by atoms with Crippen LogP contribution in [0.25, 0.3) is 0 Å². The maximum atomic E-state index is 4.45. The Morgan fingerprint density at radius 2 is 2.29 bits per heavy atom. The molecule has 0 amide bonds. The molecule has 1 fully saturated rings. The first kappa shape index (κ1) is 13.0. The van der Waals surface area contributed by atoms with Gasteiger partial charge < -0.3 is 10.6 Å². The van der Waals surface area contributed by atoms with Crippen LogP contribution < -0.4 is 10.6 Å². The van der Waals surface area contributed by atoms with Crippen LogP contribution >= 0.6 is 11.3 Å². The Bertz CT molecular complexity index is 318.